The molecule has 2 aromatic carbocycles. The Morgan fingerprint density at radius 2 is 1.56 bits per heavy atom. The highest BCUT2D eigenvalue weighted by atomic mass is 16.2. The highest BCUT2D eigenvalue weighted by molar-refractivity contribution is 5.92. The van der Waals surface area contributed by atoms with E-state index in [0.29, 0.717) is 38.0 Å². The number of carbonyl (C=O) groups excluding carboxylic acids is 2. The van der Waals surface area contributed by atoms with E-state index >= 15 is 0 Å². The van der Waals surface area contributed by atoms with E-state index in [1.54, 1.807) is 23.2 Å². The topological polar surface area (TPSA) is 53.5 Å². The Morgan fingerprint density at radius 3 is 2.22 bits per heavy atom. The van der Waals surface area contributed by atoms with E-state index < -0.39 is 5.41 Å². The zero-order valence-corrected chi connectivity index (χ0v) is 18.7. The minimum absolute atomic E-state index is 0.0683. The van der Waals surface area contributed by atoms with Gasteiger partial charge in [0.1, 0.15) is 5.69 Å². The van der Waals surface area contributed by atoms with Gasteiger partial charge in [0.15, 0.2) is 0 Å². The van der Waals surface area contributed by atoms with Crippen molar-refractivity contribution in [1.29, 1.82) is 0 Å². The molecule has 1 saturated heterocycles. The largest absolute Gasteiger partial charge is 0.348 e. The first-order valence-electron chi connectivity index (χ1n) is 11.1. The van der Waals surface area contributed by atoms with Crippen LogP contribution in [-0.4, -0.2) is 53.8 Å². The molecule has 2 heterocycles. The molecule has 2 amide bonds. The summed E-state index contributed by atoms with van der Waals surface area (Å²) in [7, 11) is 3.64. The maximum Gasteiger partial charge on any atom is 0.272 e. The number of aromatic nitrogens is 1. The lowest BCUT2D eigenvalue weighted by Crippen LogP contribution is -2.51. The first-order chi connectivity index (χ1) is 15.5. The Morgan fingerprint density at radius 1 is 0.906 bits per heavy atom. The molecule has 1 aliphatic rings. The van der Waals surface area contributed by atoms with Crippen LogP contribution in [-0.2, 0) is 11.2 Å². The number of hydrogen-bond donors (Lipinski definition) is 0. The maximum absolute atomic E-state index is 13.4. The smallest absolute Gasteiger partial charge is 0.272 e. The van der Waals surface area contributed by atoms with E-state index in [4.69, 9.17) is 0 Å². The highest BCUT2D eigenvalue weighted by Crippen LogP contribution is 2.39. The van der Waals surface area contributed by atoms with Crippen molar-refractivity contribution in [2.45, 2.75) is 19.3 Å². The van der Waals surface area contributed by atoms with Crippen LogP contribution in [0.4, 0.5) is 0 Å². The van der Waals surface area contributed by atoms with Gasteiger partial charge in [-0.05, 0) is 48.1 Å². The van der Waals surface area contributed by atoms with Crippen LogP contribution < -0.4 is 0 Å². The van der Waals surface area contributed by atoms with Gasteiger partial charge in [-0.15, -0.1) is 0 Å². The molecule has 0 aliphatic carbocycles. The second-order valence-corrected chi connectivity index (χ2v) is 8.69. The number of rotatable bonds is 5. The summed E-state index contributed by atoms with van der Waals surface area (Å²) in [5.41, 5.74) is 3.39. The second kappa shape index (κ2) is 9.35. The monoisotopic (exact) mass is 427 g/mol. The number of piperidine rings is 1. The van der Waals surface area contributed by atoms with Gasteiger partial charge in [-0.3, -0.25) is 14.6 Å². The SMILES string of the molecule is CN(C)C(=O)C1(Cc2ccccc2-c2ccccc2)CCN(C(=O)c2ccccn2)CC1. The molecule has 0 saturated carbocycles. The van der Waals surface area contributed by atoms with Crippen molar-refractivity contribution in [1.82, 2.24) is 14.8 Å². The van der Waals surface area contributed by atoms with E-state index in [1.807, 2.05) is 55.4 Å². The lowest BCUT2D eigenvalue weighted by atomic mass is 9.71. The fourth-order valence-corrected chi connectivity index (χ4v) is 4.67. The van der Waals surface area contributed by atoms with Crippen molar-refractivity contribution < 1.29 is 9.59 Å². The summed E-state index contributed by atoms with van der Waals surface area (Å²) in [5, 5.41) is 0. The molecule has 0 N–H and O–H groups in total. The van der Waals surface area contributed by atoms with Gasteiger partial charge >= 0.3 is 0 Å². The number of benzene rings is 2. The molecule has 3 aromatic rings. The fraction of sp³-hybridized carbons (Fsp3) is 0.296. The Bertz CT molecular complexity index is 1070. The minimum atomic E-state index is -0.532. The van der Waals surface area contributed by atoms with Gasteiger partial charge in [-0.2, -0.15) is 0 Å². The standard InChI is InChI=1S/C27H29N3O2/c1-29(2)26(32)27(15-18-30(19-16-27)25(31)24-14-8-9-17-28-24)20-22-12-6-7-13-23(22)21-10-4-3-5-11-21/h3-14,17H,15-16,18-20H2,1-2H3. The average molecular weight is 428 g/mol. The molecule has 0 spiro atoms. The number of nitrogens with zero attached hydrogens (tertiary/aromatic N) is 3. The molecular formula is C27H29N3O2. The van der Waals surface area contributed by atoms with E-state index in [-0.39, 0.29) is 11.8 Å². The normalized spacial score (nSPS) is 15.2. The molecule has 0 atom stereocenters. The Balaban J connectivity index is 1.60. The lowest BCUT2D eigenvalue weighted by molar-refractivity contribution is -0.142. The van der Waals surface area contributed by atoms with Crippen LogP contribution in [0.15, 0.2) is 79.0 Å². The predicted octanol–water partition coefficient (Wildman–Crippen LogP) is 4.30. The van der Waals surface area contributed by atoms with Crippen LogP contribution in [0.2, 0.25) is 0 Å². The molecule has 5 heteroatoms. The molecular weight excluding hydrogens is 398 g/mol. The molecule has 32 heavy (non-hydrogen) atoms. The zero-order chi connectivity index (χ0) is 22.6. The Hall–Kier alpha value is -3.47. The molecule has 0 radical (unpaired) electrons. The van der Waals surface area contributed by atoms with Gasteiger partial charge < -0.3 is 9.80 Å². The Labute approximate surface area is 189 Å². The predicted molar refractivity (Wildman–Crippen MR) is 126 cm³/mol. The van der Waals surface area contributed by atoms with Crippen molar-refractivity contribution in [3.05, 3.63) is 90.3 Å². The summed E-state index contributed by atoms with van der Waals surface area (Å²) in [6.07, 6.45) is 3.55. The van der Waals surface area contributed by atoms with E-state index in [1.165, 1.54) is 5.56 Å². The van der Waals surface area contributed by atoms with Crippen LogP contribution in [0.25, 0.3) is 11.1 Å². The van der Waals surface area contributed by atoms with Crippen molar-refractivity contribution >= 4 is 11.8 Å². The number of pyridine rings is 1. The summed E-state index contributed by atoms with van der Waals surface area (Å²) in [6, 6.07) is 24.0. The third kappa shape index (κ3) is 4.42. The molecule has 5 nitrogen and oxygen atoms in total. The van der Waals surface area contributed by atoms with Crippen LogP contribution in [0.1, 0.15) is 28.9 Å². The van der Waals surface area contributed by atoms with Crippen LogP contribution in [0, 0.1) is 5.41 Å². The lowest BCUT2D eigenvalue weighted by Gasteiger charge is -2.42. The molecule has 4 rings (SSSR count). The van der Waals surface area contributed by atoms with Crippen LogP contribution >= 0.6 is 0 Å². The van der Waals surface area contributed by atoms with Gasteiger partial charge in [-0.1, -0.05) is 60.7 Å². The summed E-state index contributed by atoms with van der Waals surface area (Å²) in [5.74, 6) is 0.0616. The minimum Gasteiger partial charge on any atom is -0.348 e. The number of hydrogen-bond acceptors (Lipinski definition) is 3. The van der Waals surface area contributed by atoms with Crippen LogP contribution in [0.5, 0.6) is 0 Å². The van der Waals surface area contributed by atoms with Gasteiger partial charge in [0.2, 0.25) is 5.91 Å². The summed E-state index contributed by atoms with van der Waals surface area (Å²) < 4.78 is 0. The van der Waals surface area contributed by atoms with Gasteiger partial charge in [-0.25, -0.2) is 0 Å². The van der Waals surface area contributed by atoms with Crippen molar-refractivity contribution in [2.24, 2.45) is 5.41 Å². The van der Waals surface area contributed by atoms with Crippen molar-refractivity contribution in [2.75, 3.05) is 27.2 Å². The zero-order valence-electron chi connectivity index (χ0n) is 18.7. The molecule has 1 aliphatic heterocycles. The average Bonchev–Trinajstić information content (AvgIpc) is 2.85. The first kappa shape index (κ1) is 21.8. The molecule has 1 fully saturated rings. The van der Waals surface area contributed by atoms with Gasteiger partial charge in [0.05, 0.1) is 5.41 Å². The quantitative estimate of drug-likeness (QED) is 0.610. The fourth-order valence-electron chi connectivity index (χ4n) is 4.67. The third-order valence-corrected chi connectivity index (χ3v) is 6.38. The molecule has 0 bridgehead atoms. The number of carbonyl (C=O) groups is 2. The Kier molecular flexibility index (Phi) is 6.35. The van der Waals surface area contributed by atoms with E-state index in [0.717, 1.165) is 11.1 Å². The maximum atomic E-state index is 13.4. The first-order valence-corrected chi connectivity index (χ1v) is 11.1. The van der Waals surface area contributed by atoms with Crippen molar-refractivity contribution in [3.63, 3.8) is 0 Å². The van der Waals surface area contributed by atoms with Crippen LogP contribution in [0.3, 0.4) is 0 Å². The van der Waals surface area contributed by atoms with Crippen molar-refractivity contribution in [3.8, 4) is 11.1 Å². The molecule has 164 valence electrons. The summed E-state index contributed by atoms with van der Waals surface area (Å²) in [6.45, 7) is 1.09. The number of likely N-dealkylation sites (tertiary alicyclic amines) is 1. The van der Waals surface area contributed by atoms with Gasteiger partial charge in [0.25, 0.3) is 5.91 Å². The molecule has 0 unspecified atom stereocenters. The number of amides is 2. The highest BCUT2D eigenvalue weighted by Gasteiger charge is 2.43. The van der Waals surface area contributed by atoms with Gasteiger partial charge in [0, 0.05) is 33.4 Å². The molecule has 1 aromatic heterocycles. The van der Waals surface area contributed by atoms with E-state index in [9.17, 15) is 9.59 Å². The third-order valence-electron chi connectivity index (χ3n) is 6.38. The second-order valence-electron chi connectivity index (χ2n) is 8.69. The summed E-state index contributed by atoms with van der Waals surface area (Å²) in [4.78, 5) is 34.0. The summed E-state index contributed by atoms with van der Waals surface area (Å²) >= 11 is 0. The van der Waals surface area contributed by atoms with E-state index in [2.05, 4.69) is 29.2 Å².